The Bertz CT molecular complexity index is 537. The molecule has 0 aromatic heterocycles. The van der Waals surface area contributed by atoms with Gasteiger partial charge in [0.1, 0.15) is 5.69 Å². The van der Waals surface area contributed by atoms with E-state index < -0.39 is 0 Å². The standard InChI is InChI=1S/C14H18ClN3O2/c1-2-12-11-7-16-6-9(11)8-17(12)13-4-3-10(15)5-14(13)18(19)20/h3-5,9,11-12,16H,2,6-8H2,1H3. The number of halogens is 1. The molecule has 0 saturated carbocycles. The van der Waals surface area contributed by atoms with Gasteiger partial charge in [0.2, 0.25) is 0 Å². The lowest BCUT2D eigenvalue weighted by atomic mass is 9.93. The molecule has 3 atom stereocenters. The first-order chi connectivity index (χ1) is 9.61. The number of nitrogens with one attached hydrogen (secondary N) is 1. The van der Waals surface area contributed by atoms with Crippen LogP contribution >= 0.6 is 11.6 Å². The van der Waals surface area contributed by atoms with Gasteiger partial charge < -0.3 is 10.2 Å². The fraction of sp³-hybridized carbons (Fsp3) is 0.571. The van der Waals surface area contributed by atoms with Crippen molar-refractivity contribution in [3.05, 3.63) is 33.3 Å². The Morgan fingerprint density at radius 3 is 3.00 bits per heavy atom. The molecule has 2 fully saturated rings. The largest absolute Gasteiger partial charge is 0.362 e. The lowest BCUT2D eigenvalue weighted by molar-refractivity contribution is -0.384. The molecular weight excluding hydrogens is 278 g/mol. The van der Waals surface area contributed by atoms with Gasteiger partial charge in [-0.15, -0.1) is 0 Å². The summed E-state index contributed by atoms with van der Waals surface area (Å²) in [4.78, 5) is 13.2. The second-order valence-electron chi connectivity index (χ2n) is 5.60. The number of rotatable bonds is 3. The van der Waals surface area contributed by atoms with Crippen LogP contribution in [0.15, 0.2) is 18.2 Å². The fourth-order valence-electron chi connectivity index (χ4n) is 3.71. The quantitative estimate of drug-likeness (QED) is 0.688. The highest BCUT2D eigenvalue weighted by molar-refractivity contribution is 6.30. The van der Waals surface area contributed by atoms with Gasteiger partial charge in [0.15, 0.2) is 0 Å². The Morgan fingerprint density at radius 1 is 1.50 bits per heavy atom. The zero-order valence-electron chi connectivity index (χ0n) is 11.4. The first kappa shape index (κ1) is 13.6. The van der Waals surface area contributed by atoms with Crippen molar-refractivity contribution in [3.8, 4) is 0 Å². The van der Waals surface area contributed by atoms with Crippen molar-refractivity contribution in [1.29, 1.82) is 0 Å². The maximum absolute atomic E-state index is 11.3. The number of fused-ring (bicyclic) bond motifs is 1. The van der Waals surface area contributed by atoms with Gasteiger partial charge in [-0.3, -0.25) is 10.1 Å². The monoisotopic (exact) mass is 295 g/mol. The van der Waals surface area contributed by atoms with Crippen LogP contribution in [0.1, 0.15) is 13.3 Å². The highest BCUT2D eigenvalue weighted by Gasteiger charge is 2.44. The molecule has 2 heterocycles. The van der Waals surface area contributed by atoms with E-state index in [9.17, 15) is 10.1 Å². The number of nitro groups is 1. The molecule has 1 N–H and O–H groups in total. The molecule has 108 valence electrons. The highest BCUT2D eigenvalue weighted by atomic mass is 35.5. The lowest BCUT2D eigenvalue weighted by Crippen LogP contribution is -2.35. The van der Waals surface area contributed by atoms with Gasteiger partial charge in [-0.2, -0.15) is 0 Å². The topological polar surface area (TPSA) is 58.4 Å². The Morgan fingerprint density at radius 2 is 2.30 bits per heavy atom. The third-order valence-corrected chi connectivity index (χ3v) is 4.81. The van der Waals surface area contributed by atoms with Crippen molar-refractivity contribution in [2.24, 2.45) is 11.8 Å². The first-order valence-corrected chi connectivity index (χ1v) is 7.41. The number of hydrogen-bond acceptors (Lipinski definition) is 4. The Labute approximate surface area is 123 Å². The van der Waals surface area contributed by atoms with Crippen molar-refractivity contribution >= 4 is 23.0 Å². The number of anilines is 1. The normalized spacial score (nSPS) is 28.7. The summed E-state index contributed by atoms with van der Waals surface area (Å²) >= 11 is 5.90. The highest BCUT2D eigenvalue weighted by Crippen LogP contribution is 2.41. The Balaban J connectivity index is 1.98. The van der Waals surface area contributed by atoms with Crippen LogP contribution in [0, 0.1) is 22.0 Å². The third-order valence-electron chi connectivity index (χ3n) is 4.58. The van der Waals surface area contributed by atoms with Gasteiger partial charge in [0, 0.05) is 36.8 Å². The summed E-state index contributed by atoms with van der Waals surface area (Å²) in [6.45, 7) is 5.07. The average Bonchev–Trinajstić information content (AvgIpc) is 2.98. The predicted molar refractivity (Wildman–Crippen MR) is 79.4 cm³/mol. The van der Waals surface area contributed by atoms with Crippen LogP contribution in [0.25, 0.3) is 0 Å². The van der Waals surface area contributed by atoms with Gasteiger partial charge in [0.25, 0.3) is 5.69 Å². The summed E-state index contributed by atoms with van der Waals surface area (Å²) < 4.78 is 0. The summed E-state index contributed by atoms with van der Waals surface area (Å²) in [6, 6.07) is 5.35. The smallest absolute Gasteiger partial charge is 0.294 e. The van der Waals surface area contributed by atoms with Crippen LogP contribution in [-0.2, 0) is 0 Å². The molecule has 0 amide bonds. The Kier molecular flexibility index (Phi) is 3.56. The summed E-state index contributed by atoms with van der Waals surface area (Å²) in [7, 11) is 0. The van der Waals surface area contributed by atoms with Crippen LogP contribution < -0.4 is 10.2 Å². The van der Waals surface area contributed by atoms with Crippen molar-refractivity contribution in [1.82, 2.24) is 5.32 Å². The van der Waals surface area contributed by atoms with Crippen LogP contribution in [0.3, 0.4) is 0 Å². The SMILES string of the molecule is CCC1C2CNCC2CN1c1ccc(Cl)cc1[N+](=O)[O-]. The number of nitrogens with zero attached hydrogens (tertiary/aromatic N) is 2. The average molecular weight is 296 g/mol. The molecular formula is C14H18ClN3O2. The van der Waals surface area contributed by atoms with E-state index in [1.807, 2.05) is 0 Å². The minimum atomic E-state index is -0.333. The Hall–Kier alpha value is -1.33. The maximum Gasteiger partial charge on any atom is 0.294 e. The van der Waals surface area contributed by atoms with Crippen LogP contribution in [0.5, 0.6) is 0 Å². The first-order valence-electron chi connectivity index (χ1n) is 7.03. The molecule has 0 bridgehead atoms. The van der Waals surface area contributed by atoms with Crippen molar-refractivity contribution in [2.45, 2.75) is 19.4 Å². The van der Waals surface area contributed by atoms with E-state index in [-0.39, 0.29) is 10.6 Å². The van der Waals surface area contributed by atoms with E-state index in [1.165, 1.54) is 6.07 Å². The second kappa shape index (κ2) is 5.22. The summed E-state index contributed by atoms with van der Waals surface area (Å²) in [5, 5.41) is 15.1. The van der Waals surface area contributed by atoms with Crippen LogP contribution in [0.2, 0.25) is 5.02 Å². The van der Waals surface area contributed by atoms with E-state index >= 15 is 0 Å². The predicted octanol–water partition coefficient (Wildman–Crippen LogP) is 2.68. The number of benzene rings is 1. The van der Waals surface area contributed by atoms with Gasteiger partial charge in [-0.05, 0) is 30.4 Å². The second-order valence-corrected chi connectivity index (χ2v) is 6.04. The summed E-state index contributed by atoms with van der Waals surface area (Å²) in [5.74, 6) is 1.19. The minimum Gasteiger partial charge on any atom is -0.362 e. The molecule has 3 rings (SSSR count). The minimum absolute atomic E-state index is 0.115. The van der Waals surface area contributed by atoms with Gasteiger partial charge in [-0.1, -0.05) is 18.5 Å². The van der Waals surface area contributed by atoms with Crippen LogP contribution in [-0.4, -0.2) is 30.6 Å². The molecule has 1 aromatic carbocycles. The molecule has 0 spiro atoms. The zero-order chi connectivity index (χ0) is 14.3. The van der Waals surface area contributed by atoms with Gasteiger partial charge in [-0.25, -0.2) is 0 Å². The summed E-state index contributed by atoms with van der Waals surface area (Å²) in [5.41, 5.74) is 0.824. The molecule has 5 nitrogen and oxygen atoms in total. The van der Waals surface area contributed by atoms with E-state index in [1.54, 1.807) is 12.1 Å². The molecule has 0 aliphatic carbocycles. The van der Waals surface area contributed by atoms with E-state index in [0.29, 0.717) is 28.6 Å². The van der Waals surface area contributed by atoms with E-state index in [0.717, 1.165) is 26.1 Å². The molecule has 0 radical (unpaired) electrons. The molecule has 6 heteroatoms. The zero-order valence-corrected chi connectivity index (χ0v) is 12.1. The lowest BCUT2D eigenvalue weighted by Gasteiger charge is -2.28. The fourth-order valence-corrected chi connectivity index (χ4v) is 3.87. The number of hydrogen-bond donors (Lipinski definition) is 1. The van der Waals surface area contributed by atoms with E-state index in [4.69, 9.17) is 11.6 Å². The van der Waals surface area contributed by atoms with Crippen molar-refractivity contribution in [2.75, 3.05) is 24.5 Å². The van der Waals surface area contributed by atoms with E-state index in [2.05, 4.69) is 17.1 Å². The third kappa shape index (κ3) is 2.15. The summed E-state index contributed by atoms with van der Waals surface area (Å²) in [6.07, 6.45) is 1.00. The van der Waals surface area contributed by atoms with Gasteiger partial charge in [0.05, 0.1) is 4.92 Å². The maximum atomic E-state index is 11.3. The van der Waals surface area contributed by atoms with Crippen molar-refractivity contribution < 1.29 is 4.92 Å². The van der Waals surface area contributed by atoms with Crippen LogP contribution in [0.4, 0.5) is 11.4 Å². The number of nitro benzene ring substituents is 1. The molecule has 2 aliphatic rings. The molecule has 1 aromatic rings. The van der Waals surface area contributed by atoms with Gasteiger partial charge >= 0.3 is 0 Å². The van der Waals surface area contributed by atoms with Crippen molar-refractivity contribution in [3.63, 3.8) is 0 Å². The molecule has 20 heavy (non-hydrogen) atoms. The molecule has 3 unspecified atom stereocenters. The molecule has 2 aliphatic heterocycles. The molecule has 2 saturated heterocycles.